The monoisotopic (exact) mass is 246 g/mol. The van der Waals surface area contributed by atoms with Crippen LogP contribution in [0.2, 0.25) is 0 Å². The SMILES string of the molecule is Cc1ccc(Cc2cccc3ccccc23)cc1C. The summed E-state index contributed by atoms with van der Waals surface area (Å²) in [4.78, 5) is 0. The van der Waals surface area contributed by atoms with Gasteiger partial charge in [0.25, 0.3) is 0 Å². The van der Waals surface area contributed by atoms with Crippen molar-refractivity contribution < 1.29 is 0 Å². The molecule has 19 heavy (non-hydrogen) atoms. The van der Waals surface area contributed by atoms with E-state index in [-0.39, 0.29) is 0 Å². The van der Waals surface area contributed by atoms with Crippen LogP contribution >= 0.6 is 0 Å². The van der Waals surface area contributed by atoms with Gasteiger partial charge in [0, 0.05) is 0 Å². The zero-order valence-electron chi connectivity index (χ0n) is 11.5. The summed E-state index contributed by atoms with van der Waals surface area (Å²) in [7, 11) is 0. The normalized spacial score (nSPS) is 10.8. The minimum Gasteiger partial charge on any atom is -0.0616 e. The number of hydrogen-bond donors (Lipinski definition) is 0. The van der Waals surface area contributed by atoms with E-state index in [1.54, 1.807) is 0 Å². The van der Waals surface area contributed by atoms with E-state index in [2.05, 4.69) is 74.5 Å². The van der Waals surface area contributed by atoms with Crippen molar-refractivity contribution in [2.45, 2.75) is 20.3 Å². The maximum Gasteiger partial charge on any atom is -0.00195 e. The van der Waals surface area contributed by atoms with Crippen molar-refractivity contribution in [3.8, 4) is 0 Å². The molecule has 0 amide bonds. The van der Waals surface area contributed by atoms with E-state index < -0.39 is 0 Å². The standard InChI is InChI=1S/C19H18/c1-14-10-11-16(12-15(14)2)13-18-8-5-7-17-6-3-4-9-19(17)18/h3-12H,13H2,1-2H3. The van der Waals surface area contributed by atoms with Crippen molar-refractivity contribution in [3.05, 3.63) is 82.9 Å². The predicted molar refractivity (Wildman–Crippen MR) is 82.7 cm³/mol. The Morgan fingerprint density at radius 1 is 0.737 bits per heavy atom. The van der Waals surface area contributed by atoms with E-state index >= 15 is 0 Å². The van der Waals surface area contributed by atoms with Crippen LogP contribution < -0.4 is 0 Å². The maximum absolute atomic E-state index is 2.30. The van der Waals surface area contributed by atoms with Crippen molar-refractivity contribution in [2.75, 3.05) is 0 Å². The van der Waals surface area contributed by atoms with Crippen molar-refractivity contribution >= 4 is 10.8 Å². The quantitative estimate of drug-likeness (QED) is 0.593. The van der Waals surface area contributed by atoms with E-state index in [0.29, 0.717) is 0 Å². The van der Waals surface area contributed by atoms with E-state index in [1.807, 2.05) is 0 Å². The highest BCUT2D eigenvalue weighted by Gasteiger charge is 2.02. The topological polar surface area (TPSA) is 0 Å². The van der Waals surface area contributed by atoms with Crippen LogP contribution in [0.1, 0.15) is 22.3 Å². The lowest BCUT2D eigenvalue weighted by molar-refractivity contribution is 1.18. The predicted octanol–water partition coefficient (Wildman–Crippen LogP) is 5.05. The van der Waals surface area contributed by atoms with Crippen molar-refractivity contribution in [1.29, 1.82) is 0 Å². The van der Waals surface area contributed by atoms with Crippen LogP contribution in [0.25, 0.3) is 10.8 Å². The molecular formula is C19H18. The van der Waals surface area contributed by atoms with Gasteiger partial charge in [-0.15, -0.1) is 0 Å². The summed E-state index contributed by atoms with van der Waals surface area (Å²) in [6, 6.07) is 21.9. The van der Waals surface area contributed by atoms with Gasteiger partial charge in [-0.25, -0.2) is 0 Å². The van der Waals surface area contributed by atoms with Gasteiger partial charge in [-0.05, 0) is 53.3 Å². The van der Waals surface area contributed by atoms with Gasteiger partial charge in [0.2, 0.25) is 0 Å². The van der Waals surface area contributed by atoms with E-state index in [1.165, 1.54) is 33.0 Å². The molecule has 0 saturated carbocycles. The first-order valence-electron chi connectivity index (χ1n) is 6.77. The lowest BCUT2D eigenvalue weighted by Gasteiger charge is -2.08. The maximum atomic E-state index is 2.30. The van der Waals surface area contributed by atoms with E-state index in [9.17, 15) is 0 Å². The first kappa shape index (κ1) is 12.0. The summed E-state index contributed by atoms with van der Waals surface area (Å²) in [6.45, 7) is 4.35. The van der Waals surface area contributed by atoms with Crippen LogP contribution in [-0.2, 0) is 6.42 Å². The molecule has 0 heterocycles. The van der Waals surface area contributed by atoms with Gasteiger partial charge in [0.15, 0.2) is 0 Å². The van der Waals surface area contributed by atoms with Gasteiger partial charge in [-0.1, -0.05) is 60.7 Å². The lowest BCUT2D eigenvalue weighted by Crippen LogP contribution is -1.91. The molecule has 3 rings (SSSR count). The van der Waals surface area contributed by atoms with Gasteiger partial charge >= 0.3 is 0 Å². The molecule has 0 heteroatoms. The highest BCUT2D eigenvalue weighted by molar-refractivity contribution is 5.85. The first-order chi connectivity index (χ1) is 9.24. The smallest absolute Gasteiger partial charge is 0.00195 e. The largest absolute Gasteiger partial charge is 0.0616 e. The van der Waals surface area contributed by atoms with Gasteiger partial charge in [-0.2, -0.15) is 0 Å². The number of rotatable bonds is 2. The molecule has 0 bridgehead atoms. The number of benzene rings is 3. The fourth-order valence-corrected chi connectivity index (χ4v) is 2.58. The zero-order valence-corrected chi connectivity index (χ0v) is 11.5. The van der Waals surface area contributed by atoms with Crippen LogP contribution in [-0.4, -0.2) is 0 Å². The van der Waals surface area contributed by atoms with Crippen LogP contribution in [0.5, 0.6) is 0 Å². The Morgan fingerprint density at radius 2 is 1.53 bits per heavy atom. The molecule has 0 aliphatic heterocycles. The molecule has 3 aromatic rings. The highest BCUT2D eigenvalue weighted by atomic mass is 14.1. The summed E-state index contributed by atoms with van der Waals surface area (Å²) >= 11 is 0. The fourth-order valence-electron chi connectivity index (χ4n) is 2.58. The molecule has 0 unspecified atom stereocenters. The molecule has 0 fully saturated rings. The summed E-state index contributed by atoms with van der Waals surface area (Å²) in [5.41, 5.74) is 5.53. The molecule has 0 atom stereocenters. The summed E-state index contributed by atoms with van der Waals surface area (Å²) in [6.07, 6.45) is 1.00. The molecular weight excluding hydrogens is 228 g/mol. The molecule has 0 nitrogen and oxygen atoms in total. The van der Waals surface area contributed by atoms with Crippen LogP contribution in [0.15, 0.2) is 60.7 Å². The van der Waals surface area contributed by atoms with E-state index in [0.717, 1.165) is 6.42 Å². The van der Waals surface area contributed by atoms with Gasteiger partial charge in [0.05, 0.1) is 0 Å². The minimum atomic E-state index is 1.00. The molecule has 94 valence electrons. The average Bonchev–Trinajstić information content (AvgIpc) is 2.43. The Hall–Kier alpha value is -2.08. The van der Waals surface area contributed by atoms with Crippen LogP contribution in [0.3, 0.4) is 0 Å². The van der Waals surface area contributed by atoms with Crippen LogP contribution in [0.4, 0.5) is 0 Å². The Kier molecular flexibility index (Phi) is 3.08. The summed E-state index contributed by atoms with van der Waals surface area (Å²) < 4.78 is 0. The molecule has 0 aliphatic carbocycles. The van der Waals surface area contributed by atoms with Crippen molar-refractivity contribution in [2.24, 2.45) is 0 Å². The third kappa shape index (κ3) is 2.39. The molecule has 0 aliphatic rings. The van der Waals surface area contributed by atoms with Crippen LogP contribution in [0, 0.1) is 13.8 Å². The highest BCUT2D eigenvalue weighted by Crippen LogP contribution is 2.22. The molecule has 0 saturated heterocycles. The van der Waals surface area contributed by atoms with Crippen molar-refractivity contribution in [3.63, 3.8) is 0 Å². The minimum absolute atomic E-state index is 1.00. The molecule has 0 spiro atoms. The Balaban J connectivity index is 2.03. The van der Waals surface area contributed by atoms with Crippen molar-refractivity contribution in [1.82, 2.24) is 0 Å². The Morgan fingerprint density at radius 3 is 2.37 bits per heavy atom. The number of aryl methyl sites for hydroxylation is 2. The lowest BCUT2D eigenvalue weighted by atomic mass is 9.96. The Labute approximate surface area is 114 Å². The molecule has 0 N–H and O–H groups in total. The second-order valence-corrected chi connectivity index (χ2v) is 5.23. The fraction of sp³-hybridized carbons (Fsp3) is 0.158. The molecule has 0 aromatic heterocycles. The molecule has 3 aromatic carbocycles. The molecule has 0 radical (unpaired) electrons. The summed E-state index contributed by atoms with van der Waals surface area (Å²) in [5.74, 6) is 0. The Bertz CT molecular complexity index is 718. The number of fused-ring (bicyclic) bond motifs is 1. The third-order valence-corrected chi connectivity index (χ3v) is 3.85. The van der Waals surface area contributed by atoms with Gasteiger partial charge in [0.1, 0.15) is 0 Å². The first-order valence-corrected chi connectivity index (χ1v) is 6.77. The second kappa shape index (κ2) is 4.89. The third-order valence-electron chi connectivity index (χ3n) is 3.85. The second-order valence-electron chi connectivity index (χ2n) is 5.23. The average molecular weight is 246 g/mol. The number of hydrogen-bond acceptors (Lipinski definition) is 0. The van der Waals surface area contributed by atoms with E-state index in [4.69, 9.17) is 0 Å². The zero-order chi connectivity index (χ0) is 13.2. The summed E-state index contributed by atoms with van der Waals surface area (Å²) in [5, 5.41) is 2.69. The van der Waals surface area contributed by atoms with Gasteiger partial charge in [-0.3, -0.25) is 0 Å². The van der Waals surface area contributed by atoms with Gasteiger partial charge < -0.3 is 0 Å².